The minimum Gasteiger partial charge on any atom is -0.479 e. The van der Waals surface area contributed by atoms with Gasteiger partial charge in [0, 0.05) is 24.9 Å². The van der Waals surface area contributed by atoms with Gasteiger partial charge in [0.2, 0.25) is 5.91 Å². The second kappa shape index (κ2) is 7.07. The lowest BCUT2D eigenvalue weighted by atomic mass is 9.54. The van der Waals surface area contributed by atoms with Crippen molar-refractivity contribution in [3.63, 3.8) is 0 Å². The zero-order valence-corrected chi connectivity index (χ0v) is 14.6. The maximum atomic E-state index is 13.6. The number of halogens is 2. The lowest BCUT2D eigenvalue weighted by molar-refractivity contribution is -0.194. The number of carboxylic acid groups (broad SMARTS) is 1. The number of hydrogen-bond donors (Lipinski definition) is 2. The molecule has 0 spiro atoms. The largest absolute Gasteiger partial charge is 0.479 e. The van der Waals surface area contributed by atoms with Crippen molar-refractivity contribution in [3.05, 3.63) is 35.4 Å². The van der Waals surface area contributed by atoms with Gasteiger partial charge in [0.1, 0.15) is 17.2 Å². The second-order valence-electron chi connectivity index (χ2n) is 6.86. The summed E-state index contributed by atoms with van der Waals surface area (Å²) in [5.41, 5.74) is -2.13. The molecule has 0 bridgehead atoms. The molecular formula is C18H23F2NO4. The molecule has 2 rings (SSSR count). The van der Waals surface area contributed by atoms with Gasteiger partial charge in [-0.1, -0.05) is 13.8 Å². The van der Waals surface area contributed by atoms with E-state index in [0.29, 0.717) is 6.61 Å². The first-order valence-corrected chi connectivity index (χ1v) is 8.24. The zero-order chi connectivity index (χ0) is 18.8. The first-order chi connectivity index (χ1) is 11.6. The molecule has 1 aliphatic carbocycles. The molecule has 0 heterocycles. The number of carboxylic acids is 1. The van der Waals surface area contributed by atoms with Crippen molar-refractivity contribution in [1.82, 2.24) is 5.32 Å². The van der Waals surface area contributed by atoms with Crippen LogP contribution in [0.25, 0.3) is 0 Å². The van der Waals surface area contributed by atoms with E-state index in [2.05, 4.69) is 5.32 Å². The van der Waals surface area contributed by atoms with Gasteiger partial charge >= 0.3 is 5.97 Å². The standard InChI is InChI=1S/C18H23F2NO4/c1-4-25-14-10-18(16(23)24,17(14,2)3)21-15(22)8-5-11-9-12(19)6-7-13(11)20/h6-7,9,14H,4-5,8,10H2,1-3H3,(H,21,22)(H,23,24). The van der Waals surface area contributed by atoms with Crippen LogP contribution in [0.15, 0.2) is 18.2 Å². The number of benzene rings is 1. The number of aryl methyl sites for hydroxylation is 1. The number of hydrogen-bond acceptors (Lipinski definition) is 3. The number of carbonyl (C=O) groups is 2. The maximum Gasteiger partial charge on any atom is 0.330 e. The van der Waals surface area contributed by atoms with E-state index in [0.717, 1.165) is 18.2 Å². The second-order valence-corrected chi connectivity index (χ2v) is 6.86. The van der Waals surface area contributed by atoms with Gasteiger partial charge in [0.15, 0.2) is 0 Å². The Bertz CT molecular complexity index is 677. The highest BCUT2D eigenvalue weighted by Crippen LogP contribution is 2.51. The molecule has 1 amide bonds. The lowest BCUT2D eigenvalue weighted by Gasteiger charge is -2.58. The Balaban J connectivity index is 2.05. The van der Waals surface area contributed by atoms with Gasteiger partial charge in [0.05, 0.1) is 6.10 Å². The van der Waals surface area contributed by atoms with E-state index >= 15 is 0 Å². The monoisotopic (exact) mass is 355 g/mol. The first-order valence-electron chi connectivity index (χ1n) is 8.24. The number of nitrogens with one attached hydrogen (secondary N) is 1. The molecule has 0 saturated heterocycles. The predicted octanol–water partition coefficient (Wildman–Crippen LogP) is 2.67. The minimum atomic E-state index is -1.43. The molecule has 1 fully saturated rings. The van der Waals surface area contributed by atoms with E-state index < -0.39 is 34.5 Å². The molecule has 5 nitrogen and oxygen atoms in total. The van der Waals surface area contributed by atoms with Crippen LogP contribution in [0.3, 0.4) is 0 Å². The third-order valence-corrected chi connectivity index (χ3v) is 5.11. The summed E-state index contributed by atoms with van der Waals surface area (Å²) in [6.45, 7) is 5.74. The molecule has 1 saturated carbocycles. The zero-order valence-electron chi connectivity index (χ0n) is 14.6. The van der Waals surface area contributed by atoms with E-state index in [1.165, 1.54) is 0 Å². The van der Waals surface area contributed by atoms with Crippen molar-refractivity contribution < 1.29 is 28.2 Å². The first kappa shape index (κ1) is 19.3. The Morgan fingerprint density at radius 2 is 2.04 bits per heavy atom. The third-order valence-electron chi connectivity index (χ3n) is 5.11. The van der Waals surface area contributed by atoms with Gasteiger partial charge in [0.25, 0.3) is 0 Å². The van der Waals surface area contributed by atoms with Crippen LogP contribution < -0.4 is 5.32 Å². The third kappa shape index (κ3) is 3.51. The van der Waals surface area contributed by atoms with Crippen molar-refractivity contribution in [1.29, 1.82) is 0 Å². The molecule has 138 valence electrons. The van der Waals surface area contributed by atoms with E-state index in [9.17, 15) is 23.5 Å². The van der Waals surface area contributed by atoms with Gasteiger partial charge < -0.3 is 15.2 Å². The van der Waals surface area contributed by atoms with E-state index in [4.69, 9.17) is 4.74 Å². The summed E-state index contributed by atoms with van der Waals surface area (Å²) in [4.78, 5) is 24.0. The maximum absolute atomic E-state index is 13.6. The van der Waals surface area contributed by atoms with Crippen molar-refractivity contribution >= 4 is 11.9 Å². The van der Waals surface area contributed by atoms with Crippen LogP contribution in [0, 0.1) is 17.0 Å². The number of rotatable bonds is 7. The van der Waals surface area contributed by atoms with Crippen LogP contribution in [0.5, 0.6) is 0 Å². The number of aliphatic carboxylic acids is 1. The Hall–Kier alpha value is -2.02. The van der Waals surface area contributed by atoms with Crippen LogP contribution >= 0.6 is 0 Å². The van der Waals surface area contributed by atoms with Gasteiger partial charge in [-0.05, 0) is 37.1 Å². The molecule has 2 atom stereocenters. The van der Waals surface area contributed by atoms with E-state index in [1.54, 1.807) is 13.8 Å². The van der Waals surface area contributed by atoms with Crippen LogP contribution in [-0.2, 0) is 20.7 Å². The van der Waals surface area contributed by atoms with E-state index in [-0.39, 0.29) is 30.9 Å². The summed E-state index contributed by atoms with van der Waals surface area (Å²) < 4.78 is 32.3. The Kier molecular flexibility index (Phi) is 5.46. The smallest absolute Gasteiger partial charge is 0.330 e. The number of amides is 1. The fourth-order valence-electron chi connectivity index (χ4n) is 3.32. The molecule has 25 heavy (non-hydrogen) atoms. The molecule has 1 aliphatic rings. The van der Waals surface area contributed by atoms with Gasteiger partial charge in [-0.25, -0.2) is 13.6 Å². The summed E-state index contributed by atoms with van der Waals surface area (Å²) in [5, 5.41) is 12.2. The van der Waals surface area contributed by atoms with Crippen molar-refractivity contribution in [3.8, 4) is 0 Å². The molecule has 0 aromatic heterocycles. The molecule has 2 N–H and O–H groups in total. The van der Waals surface area contributed by atoms with Crippen molar-refractivity contribution in [2.75, 3.05) is 6.61 Å². The quantitative estimate of drug-likeness (QED) is 0.788. The van der Waals surface area contributed by atoms with Crippen LogP contribution in [0.4, 0.5) is 8.78 Å². The summed E-state index contributed by atoms with van der Waals surface area (Å²) in [5.74, 6) is -2.83. The highest BCUT2D eigenvalue weighted by Gasteiger charge is 2.66. The van der Waals surface area contributed by atoms with Crippen LogP contribution in [0.2, 0.25) is 0 Å². The average molecular weight is 355 g/mol. The highest BCUT2D eigenvalue weighted by atomic mass is 19.1. The fraction of sp³-hybridized carbons (Fsp3) is 0.556. The van der Waals surface area contributed by atoms with Crippen LogP contribution in [-0.4, -0.2) is 35.2 Å². The topological polar surface area (TPSA) is 75.6 Å². The van der Waals surface area contributed by atoms with Crippen molar-refractivity contribution in [2.45, 2.75) is 51.7 Å². The Morgan fingerprint density at radius 1 is 1.36 bits per heavy atom. The predicted molar refractivity (Wildman–Crippen MR) is 87.0 cm³/mol. The molecule has 0 aliphatic heterocycles. The molecular weight excluding hydrogens is 332 g/mol. The Morgan fingerprint density at radius 3 is 2.60 bits per heavy atom. The van der Waals surface area contributed by atoms with Crippen LogP contribution in [0.1, 0.15) is 39.2 Å². The van der Waals surface area contributed by atoms with Gasteiger partial charge in [-0.2, -0.15) is 0 Å². The van der Waals surface area contributed by atoms with Gasteiger partial charge in [-0.3, -0.25) is 4.79 Å². The summed E-state index contributed by atoms with van der Waals surface area (Å²) in [7, 11) is 0. The minimum absolute atomic E-state index is 0.0134. The average Bonchev–Trinajstić information content (AvgIpc) is 2.54. The molecule has 1 aromatic rings. The molecule has 0 radical (unpaired) electrons. The highest BCUT2D eigenvalue weighted by molar-refractivity contribution is 5.89. The fourth-order valence-corrected chi connectivity index (χ4v) is 3.32. The number of ether oxygens (including phenoxy) is 1. The van der Waals surface area contributed by atoms with Crippen molar-refractivity contribution in [2.24, 2.45) is 5.41 Å². The lowest BCUT2D eigenvalue weighted by Crippen LogP contribution is -2.76. The summed E-state index contributed by atoms with van der Waals surface area (Å²) in [6.07, 6.45) is -0.247. The number of carbonyl (C=O) groups excluding carboxylic acids is 1. The molecule has 2 unspecified atom stereocenters. The summed E-state index contributed by atoms with van der Waals surface area (Å²) >= 11 is 0. The summed E-state index contributed by atoms with van der Waals surface area (Å²) in [6, 6.07) is 3.04. The van der Waals surface area contributed by atoms with Gasteiger partial charge in [-0.15, -0.1) is 0 Å². The Labute approximate surface area is 145 Å². The SMILES string of the molecule is CCOC1CC(NC(=O)CCc2cc(F)ccc2F)(C(=O)O)C1(C)C. The molecule has 1 aromatic carbocycles. The molecule has 7 heteroatoms. The normalized spacial score (nSPS) is 24.4. The van der Waals surface area contributed by atoms with E-state index in [1.807, 2.05) is 6.92 Å².